The van der Waals surface area contributed by atoms with Gasteiger partial charge in [-0.15, -0.1) is 0 Å². The molecule has 1 aromatic carbocycles. The molecule has 0 N–H and O–H groups in total. The molecule has 2 aromatic heterocycles. The fraction of sp³-hybridized carbons (Fsp3) is 0.333. The molecule has 1 unspecified atom stereocenters. The summed E-state index contributed by atoms with van der Waals surface area (Å²) in [5.41, 5.74) is 1.49. The first-order chi connectivity index (χ1) is 15.2. The quantitative estimate of drug-likeness (QED) is 0.451. The molecule has 3 heterocycles. The monoisotopic (exact) mass is 511 g/mol. The minimum absolute atomic E-state index is 0.0164. The maximum Gasteiger partial charge on any atom is 0.211 e. The van der Waals surface area contributed by atoms with Crippen LogP contribution in [-0.2, 0) is 21.2 Å². The summed E-state index contributed by atoms with van der Waals surface area (Å²) in [5, 5.41) is 1.69. The average Bonchev–Trinajstić information content (AvgIpc) is 3.19. The number of nitrogens with zero attached hydrogens (tertiary/aromatic N) is 3. The van der Waals surface area contributed by atoms with Gasteiger partial charge < -0.3 is 8.97 Å². The van der Waals surface area contributed by atoms with Crippen molar-refractivity contribution in [3.63, 3.8) is 0 Å². The Hall–Kier alpha value is -1.56. The number of hydrogen-bond donors (Lipinski definition) is 0. The van der Waals surface area contributed by atoms with E-state index >= 15 is 0 Å². The third-order valence-electron chi connectivity index (χ3n) is 5.26. The van der Waals surface area contributed by atoms with E-state index in [1.54, 1.807) is 24.6 Å². The number of oxazole rings is 1. The summed E-state index contributed by atoms with van der Waals surface area (Å²) in [6, 6.07) is 10.9. The van der Waals surface area contributed by atoms with Crippen molar-refractivity contribution in [1.29, 1.82) is 0 Å². The highest BCUT2D eigenvalue weighted by Gasteiger charge is 2.30. The van der Waals surface area contributed by atoms with Crippen LogP contribution in [0.1, 0.15) is 24.7 Å². The van der Waals surface area contributed by atoms with Gasteiger partial charge >= 0.3 is 0 Å². The number of pyridine rings is 1. The molecule has 0 saturated carbocycles. The molecule has 7 nitrogen and oxygen atoms in total. The molecule has 1 aliphatic heterocycles. The Labute approximate surface area is 199 Å². The van der Waals surface area contributed by atoms with E-state index < -0.39 is 21.2 Å². The third kappa shape index (κ3) is 5.32. The molecule has 1 atom stereocenters. The van der Waals surface area contributed by atoms with Crippen LogP contribution in [0.5, 0.6) is 0 Å². The van der Waals surface area contributed by atoms with Crippen LogP contribution in [0.4, 0.5) is 0 Å². The number of rotatable bonds is 6. The minimum atomic E-state index is -3.20. The summed E-state index contributed by atoms with van der Waals surface area (Å²) in [5.74, 6) is 0.591. The van der Waals surface area contributed by atoms with Gasteiger partial charge in [0.2, 0.25) is 10.0 Å². The predicted octanol–water partition coefficient (Wildman–Crippen LogP) is 4.42. The second-order valence-electron chi connectivity index (χ2n) is 7.50. The SMILES string of the molecule is C[S+]([O-])c1ccc(-c2nc(C3CCN(S(C)(=O)=O)CC3)oc2Sc2ncccc2Cl)cc1. The van der Waals surface area contributed by atoms with Crippen molar-refractivity contribution in [3.8, 4) is 11.3 Å². The van der Waals surface area contributed by atoms with Crippen molar-refractivity contribution < 1.29 is 17.4 Å². The van der Waals surface area contributed by atoms with E-state index in [9.17, 15) is 13.0 Å². The second kappa shape index (κ2) is 9.74. The van der Waals surface area contributed by atoms with E-state index in [1.807, 2.05) is 24.3 Å². The Morgan fingerprint density at radius 3 is 2.50 bits per heavy atom. The van der Waals surface area contributed by atoms with Gasteiger partial charge in [0.1, 0.15) is 17.0 Å². The van der Waals surface area contributed by atoms with E-state index in [4.69, 9.17) is 21.0 Å². The molecule has 11 heteroatoms. The minimum Gasteiger partial charge on any atom is -0.612 e. The van der Waals surface area contributed by atoms with Crippen LogP contribution in [0, 0.1) is 0 Å². The second-order valence-corrected chi connectivity index (χ2v) is 12.2. The number of halogens is 1. The maximum absolute atomic E-state index is 11.8. The molecule has 4 rings (SSSR count). The molecule has 0 aliphatic carbocycles. The topological polar surface area (TPSA) is 99.4 Å². The fourth-order valence-electron chi connectivity index (χ4n) is 3.52. The Kier molecular flexibility index (Phi) is 7.18. The van der Waals surface area contributed by atoms with Crippen LogP contribution < -0.4 is 0 Å². The zero-order chi connectivity index (χ0) is 22.9. The van der Waals surface area contributed by atoms with Crippen molar-refractivity contribution in [2.24, 2.45) is 0 Å². The van der Waals surface area contributed by atoms with Gasteiger partial charge in [-0.05, 0) is 72.2 Å². The highest BCUT2D eigenvalue weighted by Crippen LogP contribution is 2.41. The van der Waals surface area contributed by atoms with Gasteiger partial charge in [-0.1, -0.05) is 11.6 Å². The lowest BCUT2D eigenvalue weighted by atomic mass is 9.98. The zero-order valence-electron chi connectivity index (χ0n) is 17.5. The molecule has 0 amide bonds. The molecule has 170 valence electrons. The van der Waals surface area contributed by atoms with Crippen LogP contribution in [0.25, 0.3) is 11.3 Å². The highest BCUT2D eigenvalue weighted by molar-refractivity contribution is 7.99. The van der Waals surface area contributed by atoms with Gasteiger partial charge in [-0.3, -0.25) is 0 Å². The standard InChI is InChI=1S/C21H22ClN3O4S3/c1-31(26)16-7-5-14(6-8-16)18-21(30-20-17(22)4-3-11-23-20)29-19(24-18)15-9-12-25(13-10-15)32(2,27)28/h3-8,11,15H,9-10,12-13H2,1-2H3. The molecular formula is C21H22ClN3O4S3. The fourth-order valence-corrected chi connectivity index (χ4v) is 5.99. The van der Waals surface area contributed by atoms with Gasteiger partial charge in [-0.25, -0.2) is 22.7 Å². The molecule has 0 bridgehead atoms. The first-order valence-electron chi connectivity index (χ1n) is 9.90. The largest absolute Gasteiger partial charge is 0.612 e. The Morgan fingerprint density at radius 2 is 1.91 bits per heavy atom. The normalized spacial score (nSPS) is 16.9. The number of piperidine rings is 1. The molecule has 1 aliphatic rings. The summed E-state index contributed by atoms with van der Waals surface area (Å²) in [6.45, 7) is 0.875. The molecule has 0 radical (unpaired) electrons. The average molecular weight is 512 g/mol. The lowest BCUT2D eigenvalue weighted by Crippen LogP contribution is -2.37. The summed E-state index contributed by atoms with van der Waals surface area (Å²) in [4.78, 5) is 9.85. The summed E-state index contributed by atoms with van der Waals surface area (Å²) >= 11 is 6.52. The summed E-state index contributed by atoms with van der Waals surface area (Å²) < 4.78 is 43.1. The van der Waals surface area contributed by atoms with E-state index in [-0.39, 0.29) is 5.92 Å². The lowest BCUT2D eigenvalue weighted by Gasteiger charge is -2.28. The first kappa shape index (κ1) is 23.6. The van der Waals surface area contributed by atoms with Gasteiger partial charge in [0.05, 0.1) is 11.3 Å². The zero-order valence-corrected chi connectivity index (χ0v) is 20.7. The molecule has 1 fully saturated rings. The van der Waals surface area contributed by atoms with Crippen LogP contribution in [0.3, 0.4) is 0 Å². The smallest absolute Gasteiger partial charge is 0.211 e. The summed E-state index contributed by atoms with van der Waals surface area (Å²) in [6.07, 6.45) is 5.80. The maximum atomic E-state index is 11.8. The van der Waals surface area contributed by atoms with Crippen LogP contribution in [0.15, 0.2) is 62.0 Å². The molecule has 0 spiro atoms. The van der Waals surface area contributed by atoms with Gasteiger partial charge in [0, 0.05) is 30.8 Å². The highest BCUT2D eigenvalue weighted by atomic mass is 35.5. The van der Waals surface area contributed by atoms with Crippen molar-refractivity contribution >= 4 is 44.6 Å². The van der Waals surface area contributed by atoms with Crippen molar-refractivity contribution in [1.82, 2.24) is 14.3 Å². The van der Waals surface area contributed by atoms with E-state index in [1.165, 1.54) is 22.3 Å². The number of aromatic nitrogens is 2. The van der Waals surface area contributed by atoms with Gasteiger partial charge in [0.15, 0.2) is 15.9 Å². The van der Waals surface area contributed by atoms with Crippen molar-refractivity contribution in [2.75, 3.05) is 25.6 Å². The summed E-state index contributed by atoms with van der Waals surface area (Å²) in [7, 11) is -3.20. The van der Waals surface area contributed by atoms with Gasteiger partial charge in [-0.2, -0.15) is 0 Å². The Balaban J connectivity index is 1.66. The van der Waals surface area contributed by atoms with E-state index in [2.05, 4.69) is 4.98 Å². The number of hydrogen-bond acceptors (Lipinski definition) is 7. The van der Waals surface area contributed by atoms with Gasteiger partial charge in [0.25, 0.3) is 0 Å². The Bertz CT molecular complexity index is 1190. The van der Waals surface area contributed by atoms with Crippen LogP contribution in [0.2, 0.25) is 5.02 Å². The molecular weight excluding hydrogens is 490 g/mol. The first-order valence-corrected chi connectivity index (χ1v) is 14.5. The predicted molar refractivity (Wildman–Crippen MR) is 126 cm³/mol. The van der Waals surface area contributed by atoms with E-state index in [0.29, 0.717) is 52.7 Å². The van der Waals surface area contributed by atoms with Crippen LogP contribution >= 0.6 is 23.4 Å². The third-order valence-corrected chi connectivity index (χ3v) is 8.90. The van der Waals surface area contributed by atoms with Crippen LogP contribution in [-0.4, -0.2) is 52.8 Å². The molecule has 1 saturated heterocycles. The number of benzene rings is 1. The molecule has 3 aromatic rings. The van der Waals surface area contributed by atoms with Crippen molar-refractivity contribution in [3.05, 3.63) is 53.5 Å². The van der Waals surface area contributed by atoms with E-state index in [0.717, 1.165) is 10.5 Å². The number of sulfonamides is 1. The molecule has 32 heavy (non-hydrogen) atoms. The Morgan fingerprint density at radius 1 is 1.22 bits per heavy atom. The lowest BCUT2D eigenvalue weighted by molar-refractivity contribution is 0.281. The van der Waals surface area contributed by atoms with Crippen molar-refractivity contribution in [2.45, 2.75) is 33.8 Å².